The van der Waals surface area contributed by atoms with Crippen LogP contribution in [0, 0.1) is 5.95 Å². The van der Waals surface area contributed by atoms with Gasteiger partial charge in [-0.15, -0.1) is 0 Å². The fourth-order valence-corrected chi connectivity index (χ4v) is 3.41. The van der Waals surface area contributed by atoms with E-state index in [9.17, 15) is 4.39 Å². The lowest BCUT2D eigenvalue weighted by Crippen LogP contribution is -2.26. The van der Waals surface area contributed by atoms with Gasteiger partial charge in [-0.25, -0.2) is 4.98 Å². The Morgan fingerprint density at radius 1 is 1.56 bits per heavy atom. The summed E-state index contributed by atoms with van der Waals surface area (Å²) in [6, 6.07) is 3.77. The van der Waals surface area contributed by atoms with Crippen LogP contribution in [0.5, 0.6) is 0 Å². The molecule has 1 heterocycles. The van der Waals surface area contributed by atoms with Crippen LogP contribution in [-0.2, 0) is 0 Å². The average Bonchev–Trinajstić information content (AvgIpc) is 2.66. The number of halogens is 1. The maximum Gasteiger partial charge on any atom is 0.214 e. The topological polar surface area (TPSA) is 24.9 Å². The molecular formula is C12H17FN2S. The van der Waals surface area contributed by atoms with Gasteiger partial charge in [0.2, 0.25) is 5.95 Å². The van der Waals surface area contributed by atoms with Gasteiger partial charge in [0.25, 0.3) is 0 Å². The summed E-state index contributed by atoms with van der Waals surface area (Å²) in [6.07, 6.45) is 5.23. The molecule has 0 spiro atoms. The maximum absolute atomic E-state index is 12.9. The van der Waals surface area contributed by atoms with Gasteiger partial charge >= 0.3 is 0 Å². The summed E-state index contributed by atoms with van der Waals surface area (Å²) in [7, 11) is 0. The van der Waals surface area contributed by atoms with Crippen molar-refractivity contribution in [2.24, 2.45) is 0 Å². The van der Waals surface area contributed by atoms with Gasteiger partial charge in [0.15, 0.2) is 0 Å². The summed E-state index contributed by atoms with van der Waals surface area (Å²) in [4.78, 5) is 3.56. The highest BCUT2D eigenvalue weighted by Gasteiger charge is 2.26. The lowest BCUT2D eigenvalue weighted by Gasteiger charge is -2.21. The van der Waals surface area contributed by atoms with Crippen molar-refractivity contribution in [3.05, 3.63) is 24.3 Å². The quantitative estimate of drug-likeness (QED) is 0.817. The van der Waals surface area contributed by atoms with Crippen molar-refractivity contribution >= 4 is 17.4 Å². The number of hydrogen-bond acceptors (Lipinski definition) is 3. The van der Waals surface area contributed by atoms with Gasteiger partial charge in [-0.1, -0.05) is 13.3 Å². The minimum Gasteiger partial charge on any atom is -0.381 e. The zero-order chi connectivity index (χ0) is 11.4. The molecule has 0 aromatic carbocycles. The van der Waals surface area contributed by atoms with Crippen LogP contribution in [0.2, 0.25) is 0 Å². The van der Waals surface area contributed by atoms with Crippen LogP contribution in [-0.4, -0.2) is 22.0 Å². The molecule has 1 saturated carbocycles. The van der Waals surface area contributed by atoms with Gasteiger partial charge in [0, 0.05) is 29.2 Å². The zero-order valence-corrected chi connectivity index (χ0v) is 10.3. The molecule has 4 heteroatoms. The van der Waals surface area contributed by atoms with E-state index in [0.717, 1.165) is 11.4 Å². The number of thioether (sulfide) groups is 1. The average molecular weight is 240 g/mol. The van der Waals surface area contributed by atoms with Crippen molar-refractivity contribution in [3.8, 4) is 0 Å². The second kappa shape index (κ2) is 5.53. The Balaban J connectivity index is 1.98. The molecule has 1 fully saturated rings. The Morgan fingerprint density at radius 2 is 2.44 bits per heavy atom. The molecule has 1 aliphatic carbocycles. The van der Waals surface area contributed by atoms with Gasteiger partial charge in [-0.2, -0.15) is 16.2 Å². The monoisotopic (exact) mass is 240 g/mol. The molecule has 1 aromatic heterocycles. The van der Waals surface area contributed by atoms with E-state index in [-0.39, 0.29) is 0 Å². The molecule has 0 saturated heterocycles. The molecule has 0 radical (unpaired) electrons. The van der Waals surface area contributed by atoms with Crippen LogP contribution >= 0.6 is 11.8 Å². The standard InChI is InChI=1S/C12H17FN2S/c1-2-16-11-5-3-4-10(11)15-9-6-7-14-12(13)8-9/h6-8,10-11H,2-5H2,1H3,(H,14,15). The first-order valence-electron chi connectivity index (χ1n) is 5.79. The van der Waals surface area contributed by atoms with Crippen molar-refractivity contribution < 1.29 is 4.39 Å². The maximum atomic E-state index is 12.9. The molecule has 16 heavy (non-hydrogen) atoms. The lowest BCUT2D eigenvalue weighted by molar-refractivity contribution is 0.584. The van der Waals surface area contributed by atoms with Crippen LogP contribution in [0.1, 0.15) is 26.2 Å². The normalized spacial score (nSPS) is 24.6. The van der Waals surface area contributed by atoms with E-state index in [1.54, 1.807) is 0 Å². The number of hydrogen-bond donors (Lipinski definition) is 1. The highest BCUT2D eigenvalue weighted by Crippen LogP contribution is 2.31. The predicted molar refractivity (Wildman–Crippen MR) is 67.4 cm³/mol. The molecule has 1 aliphatic rings. The summed E-state index contributed by atoms with van der Waals surface area (Å²) in [5, 5.41) is 4.08. The summed E-state index contributed by atoms with van der Waals surface area (Å²) < 4.78 is 12.9. The van der Waals surface area contributed by atoms with Crippen LogP contribution in [0.25, 0.3) is 0 Å². The number of nitrogens with one attached hydrogen (secondary N) is 1. The Kier molecular flexibility index (Phi) is 4.04. The number of pyridine rings is 1. The highest BCUT2D eigenvalue weighted by molar-refractivity contribution is 7.99. The third kappa shape index (κ3) is 2.88. The van der Waals surface area contributed by atoms with E-state index >= 15 is 0 Å². The van der Waals surface area contributed by atoms with Gasteiger partial charge in [0.05, 0.1) is 0 Å². The van der Waals surface area contributed by atoms with Crippen molar-refractivity contribution in [3.63, 3.8) is 0 Å². The number of aromatic nitrogens is 1. The molecule has 0 bridgehead atoms. The van der Waals surface area contributed by atoms with E-state index in [0.29, 0.717) is 11.3 Å². The fraction of sp³-hybridized carbons (Fsp3) is 0.583. The van der Waals surface area contributed by atoms with Crippen LogP contribution in [0.4, 0.5) is 10.1 Å². The van der Waals surface area contributed by atoms with E-state index in [2.05, 4.69) is 17.2 Å². The van der Waals surface area contributed by atoms with E-state index < -0.39 is 5.95 Å². The Hall–Kier alpha value is -0.770. The van der Waals surface area contributed by atoms with Gasteiger partial charge in [-0.05, 0) is 24.7 Å². The molecule has 2 nitrogen and oxygen atoms in total. The van der Waals surface area contributed by atoms with Crippen molar-refractivity contribution in [2.75, 3.05) is 11.1 Å². The molecule has 0 aliphatic heterocycles. The summed E-state index contributed by atoms with van der Waals surface area (Å²) in [6.45, 7) is 2.19. The molecule has 1 N–H and O–H groups in total. The second-order valence-corrected chi connectivity index (χ2v) is 5.56. The molecule has 88 valence electrons. The molecule has 2 rings (SSSR count). The summed E-state index contributed by atoms with van der Waals surface area (Å²) in [5.74, 6) is 0.732. The zero-order valence-electron chi connectivity index (χ0n) is 9.45. The number of nitrogens with zero attached hydrogens (tertiary/aromatic N) is 1. The SMILES string of the molecule is CCSC1CCCC1Nc1ccnc(F)c1. The first-order valence-corrected chi connectivity index (χ1v) is 6.84. The Bertz CT molecular complexity index is 346. The highest BCUT2D eigenvalue weighted by atomic mass is 32.2. The minimum absolute atomic E-state index is 0.414. The summed E-state index contributed by atoms with van der Waals surface area (Å²) >= 11 is 2.00. The smallest absolute Gasteiger partial charge is 0.214 e. The Morgan fingerprint density at radius 3 is 3.19 bits per heavy atom. The van der Waals surface area contributed by atoms with Crippen molar-refractivity contribution in [2.45, 2.75) is 37.5 Å². The third-order valence-corrected chi connectivity index (χ3v) is 4.24. The Labute approximate surface area is 100 Å². The van der Waals surface area contributed by atoms with Crippen LogP contribution in [0.15, 0.2) is 18.3 Å². The summed E-state index contributed by atoms with van der Waals surface area (Å²) in [5.41, 5.74) is 0.848. The van der Waals surface area contributed by atoms with Gasteiger partial charge < -0.3 is 5.32 Å². The van der Waals surface area contributed by atoms with Gasteiger partial charge in [-0.3, -0.25) is 0 Å². The third-order valence-electron chi connectivity index (χ3n) is 2.91. The fourth-order valence-electron chi connectivity index (χ4n) is 2.21. The van der Waals surface area contributed by atoms with Gasteiger partial charge in [0.1, 0.15) is 0 Å². The predicted octanol–water partition coefficient (Wildman–Crippen LogP) is 3.31. The van der Waals surface area contributed by atoms with E-state index in [1.807, 2.05) is 17.8 Å². The van der Waals surface area contributed by atoms with Crippen LogP contribution in [0.3, 0.4) is 0 Å². The van der Waals surface area contributed by atoms with Crippen molar-refractivity contribution in [1.29, 1.82) is 0 Å². The van der Waals surface area contributed by atoms with E-state index in [1.165, 1.54) is 31.5 Å². The first kappa shape index (κ1) is 11.7. The first-order chi connectivity index (χ1) is 7.79. The molecule has 0 amide bonds. The van der Waals surface area contributed by atoms with E-state index in [4.69, 9.17) is 0 Å². The van der Waals surface area contributed by atoms with Crippen LogP contribution < -0.4 is 5.32 Å². The number of rotatable bonds is 4. The molecule has 2 unspecified atom stereocenters. The molecular weight excluding hydrogens is 223 g/mol. The van der Waals surface area contributed by atoms with Crippen molar-refractivity contribution in [1.82, 2.24) is 4.98 Å². The second-order valence-electron chi connectivity index (χ2n) is 4.04. The molecule has 1 aromatic rings. The largest absolute Gasteiger partial charge is 0.381 e. The lowest BCUT2D eigenvalue weighted by atomic mass is 10.2. The minimum atomic E-state index is -0.414. The molecule has 2 atom stereocenters. The number of anilines is 1.